The molecule has 3 aromatic rings. The number of rotatable bonds is 5. The van der Waals surface area contributed by atoms with Crippen molar-refractivity contribution < 1.29 is 4.79 Å². The van der Waals surface area contributed by atoms with Crippen molar-refractivity contribution in [2.24, 2.45) is 5.92 Å². The molecule has 1 aromatic carbocycles. The first-order valence-electron chi connectivity index (χ1n) is 9.90. The summed E-state index contributed by atoms with van der Waals surface area (Å²) in [4.78, 5) is 19.7. The fraction of sp³-hybridized carbons (Fsp3) is 0.476. The first-order valence-corrected chi connectivity index (χ1v) is 10.7. The van der Waals surface area contributed by atoms with Crippen LogP contribution in [0.2, 0.25) is 0 Å². The molecule has 0 spiro atoms. The summed E-state index contributed by atoms with van der Waals surface area (Å²) in [5.41, 5.74) is 4.43. The molecule has 2 aromatic heterocycles. The van der Waals surface area contributed by atoms with E-state index in [0.717, 1.165) is 48.0 Å². The molecule has 1 fully saturated rings. The molecule has 6 nitrogen and oxygen atoms in total. The van der Waals surface area contributed by atoms with Crippen molar-refractivity contribution in [2.75, 3.05) is 24.5 Å². The minimum atomic E-state index is 0.0166. The predicted molar refractivity (Wildman–Crippen MR) is 114 cm³/mol. The molecule has 1 atom stereocenters. The van der Waals surface area contributed by atoms with Gasteiger partial charge in [0.15, 0.2) is 5.13 Å². The number of benzene rings is 1. The highest BCUT2D eigenvalue weighted by Crippen LogP contribution is 2.32. The molecule has 0 radical (unpaired) electrons. The van der Waals surface area contributed by atoms with Gasteiger partial charge in [-0.2, -0.15) is 5.10 Å². The molecule has 1 N–H and O–H groups in total. The van der Waals surface area contributed by atoms with Gasteiger partial charge in [-0.05, 0) is 57.4 Å². The monoisotopic (exact) mass is 397 g/mol. The van der Waals surface area contributed by atoms with Crippen LogP contribution < -0.4 is 10.2 Å². The summed E-state index contributed by atoms with van der Waals surface area (Å²) in [6, 6.07) is 8.42. The second kappa shape index (κ2) is 7.91. The standard InChI is InChI=1S/C21H27N5OS/c1-14-6-7-18-19(11-14)28-21(23-18)25-9-4-5-17(13-25)20(27)22-8-10-26-16(3)12-15(2)24-26/h6-7,11-12,17H,4-5,8-10,13H2,1-3H3,(H,22,27). The Morgan fingerprint density at radius 1 is 1.29 bits per heavy atom. The first kappa shape index (κ1) is 18.9. The van der Waals surface area contributed by atoms with E-state index in [4.69, 9.17) is 4.98 Å². The van der Waals surface area contributed by atoms with Gasteiger partial charge >= 0.3 is 0 Å². The Labute approximate surface area is 169 Å². The Hall–Kier alpha value is -2.41. The molecule has 28 heavy (non-hydrogen) atoms. The highest BCUT2D eigenvalue weighted by Gasteiger charge is 2.27. The lowest BCUT2D eigenvalue weighted by Crippen LogP contribution is -2.43. The van der Waals surface area contributed by atoms with E-state index in [1.807, 2.05) is 18.5 Å². The molecule has 1 unspecified atom stereocenters. The number of nitrogens with zero attached hydrogens (tertiary/aromatic N) is 4. The molecular weight excluding hydrogens is 370 g/mol. The second-order valence-electron chi connectivity index (χ2n) is 7.69. The number of hydrogen-bond donors (Lipinski definition) is 1. The number of carbonyl (C=O) groups is 1. The third kappa shape index (κ3) is 4.04. The maximum atomic E-state index is 12.7. The Kier molecular flexibility index (Phi) is 5.35. The maximum Gasteiger partial charge on any atom is 0.224 e. The van der Waals surface area contributed by atoms with Crippen LogP contribution in [0.15, 0.2) is 24.3 Å². The second-order valence-corrected chi connectivity index (χ2v) is 8.70. The molecule has 0 bridgehead atoms. The summed E-state index contributed by atoms with van der Waals surface area (Å²) < 4.78 is 3.16. The van der Waals surface area contributed by atoms with Crippen molar-refractivity contribution in [3.05, 3.63) is 41.2 Å². The van der Waals surface area contributed by atoms with Crippen LogP contribution in [0.1, 0.15) is 29.8 Å². The molecule has 1 saturated heterocycles. The third-order valence-corrected chi connectivity index (χ3v) is 6.40. The lowest BCUT2D eigenvalue weighted by molar-refractivity contribution is -0.125. The zero-order valence-corrected chi connectivity index (χ0v) is 17.6. The minimum absolute atomic E-state index is 0.0166. The number of amides is 1. The van der Waals surface area contributed by atoms with Gasteiger partial charge in [-0.15, -0.1) is 0 Å². The zero-order valence-electron chi connectivity index (χ0n) is 16.7. The molecule has 3 heterocycles. The largest absolute Gasteiger partial charge is 0.354 e. The van der Waals surface area contributed by atoms with Crippen LogP contribution >= 0.6 is 11.3 Å². The Bertz CT molecular complexity index is 992. The molecule has 4 rings (SSSR count). The van der Waals surface area contributed by atoms with Gasteiger partial charge in [0.2, 0.25) is 5.91 Å². The van der Waals surface area contributed by atoms with Gasteiger partial charge in [0, 0.05) is 25.3 Å². The smallest absolute Gasteiger partial charge is 0.224 e. The van der Waals surface area contributed by atoms with Crippen molar-refractivity contribution in [3.8, 4) is 0 Å². The summed E-state index contributed by atoms with van der Waals surface area (Å²) >= 11 is 1.72. The average molecular weight is 398 g/mol. The first-order chi connectivity index (χ1) is 13.5. The van der Waals surface area contributed by atoms with Crippen LogP contribution in [0, 0.1) is 26.7 Å². The molecule has 0 saturated carbocycles. The Morgan fingerprint density at radius 3 is 2.93 bits per heavy atom. The molecule has 1 aliphatic heterocycles. The van der Waals surface area contributed by atoms with Crippen molar-refractivity contribution in [1.29, 1.82) is 0 Å². The Balaban J connectivity index is 1.35. The number of nitrogens with one attached hydrogen (secondary N) is 1. The fourth-order valence-corrected chi connectivity index (χ4v) is 4.95. The molecule has 1 amide bonds. The summed E-state index contributed by atoms with van der Waals surface area (Å²) in [5.74, 6) is 0.158. The molecule has 7 heteroatoms. The van der Waals surface area contributed by atoms with Gasteiger partial charge < -0.3 is 10.2 Å². The Morgan fingerprint density at radius 2 is 2.14 bits per heavy atom. The molecular formula is C21H27N5OS. The van der Waals surface area contributed by atoms with Crippen LogP contribution in [-0.2, 0) is 11.3 Å². The van der Waals surface area contributed by atoms with Crippen LogP contribution in [0.5, 0.6) is 0 Å². The van der Waals surface area contributed by atoms with Crippen LogP contribution in [-0.4, -0.2) is 40.3 Å². The fourth-order valence-electron chi connectivity index (χ4n) is 3.85. The number of carbonyl (C=O) groups excluding carboxylic acids is 1. The third-order valence-electron chi connectivity index (χ3n) is 5.32. The number of aryl methyl sites for hydroxylation is 3. The van der Waals surface area contributed by atoms with Gasteiger partial charge in [-0.1, -0.05) is 17.4 Å². The average Bonchev–Trinajstić information content (AvgIpc) is 3.24. The lowest BCUT2D eigenvalue weighted by atomic mass is 9.97. The van der Waals surface area contributed by atoms with Gasteiger partial charge in [0.25, 0.3) is 0 Å². The van der Waals surface area contributed by atoms with E-state index in [2.05, 4.69) is 46.5 Å². The number of fused-ring (bicyclic) bond motifs is 1. The quantitative estimate of drug-likeness (QED) is 0.716. The van der Waals surface area contributed by atoms with Gasteiger partial charge in [0.05, 0.1) is 28.4 Å². The van der Waals surface area contributed by atoms with Crippen LogP contribution in [0.4, 0.5) is 5.13 Å². The van der Waals surface area contributed by atoms with Gasteiger partial charge in [-0.25, -0.2) is 4.98 Å². The normalized spacial score (nSPS) is 17.2. The minimum Gasteiger partial charge on any atom is -0.354 e. The molecule has 148 valence electrons. The van der Waals surface area contributed by atoms with E-state index in [0.29, 0.717) is 13.1 Å². The summed E-state index contributed by atoms with van der Waals surface area (Å²) in [7, 11) is 0. The lowest BCUT2D eigenvalue weighted by Gasteiger charge is -2.31. The van der Waals surface area contributed by atoms with Crippen molar-refractivity contribution in [1.82, 2.24) is 20.1 Å². The van der Waals surface area contributed by atoms with E-state index >= 15 is 0 Å². The maximum absolute atomic E-state index is 12.7. The van der Waals surface area contributed by atoms with Crippen LogP contribution in [0.3, 0.4) is 0 Å². The molecule has 0 aliphatic carbocycles. The van der Waals surface area contributed by atoms with Crippen molar-refractivity contribution in [2.45, 2.75) is 40.2 Å². The SMILES string of the molecule is Cc1ccc2nc(N3CCCC(C(=O)NCCn4nc(C)cc4C)C3)sc2c1. The zero-order chi connectivity index (χ0) is 19.7. The highest BCUT2D eigenvalue weighted by molar-refractivity contribution is 7.22. The van der Waals surface area contributed by atoms with E-state index < -0.39 is 0 Å². The van der Waals surface area contributed by atoms with Crippen LogP contribution in [0.25, 0.3) is 10.2 Å². The number of hydrogen-bond acceptors (Lipinski definition) is 5. The summed E-state index contributed by atoms with van der Waals surface area (Å²) in [6.45, 7) is 9.16. The number of anilines is 1. The number of piperidine rings is 1. The highest BCUT2D eigenvalue weighted by atomic mass is 32.1. The van der Waals surface area contributed by atoms with E-state index in [1.165, 1.54) is 10.3 Å². The van der Waals surface area contributed by atoms with Gasteiger partial charge in [-0.3, -0.25) is 9.48 Å². The predicted octanol–water partition coefficient (Wildman–Crippen LogP) is 3.45. The molecule has 1 aliphatic rings. The van der Waals surface area contributed by atoms with E-state index in [9.17, 15) is 4.79 Å². The number of thiazole rings is 1. The van der Waals surface area contributed by atoms with Crippen molar-refractivity contribution >= 4 is 32.6 Å². The van der Waals surface area contributed by atoms with E-state index in [-0.39, 0.29) is 11.8 Å². The summed E-state index contributed by atoms with van der Waals surface area (Å²) in [6.07, 6.45) is 1.96. The topological polar surface area (TPSA) is 63.1 Å². The van der Waals surface area contributed by atoms with Crippen molar-refractivity contribution in [3.63, 3.8) is 0 Å². The summed E-state index contributed by atoms with van der Waals surface area (Å²) in [5, 5.41) is 8.58. The van der Waals surface area contributed by atoms with Gasteiger partial charge in [0.1, 0.15) is 0 Å². The van der Waals surface area contributed by atoms with E-state index in [1.54, 1.807) is 11.3 Å². The number of aromatic nitrogens is 3.